The number of nitrogens with zero attached hydrogens (tertiary/aromatic N) is 2. The van der Waals surface area contributed by atoms with Gasteiger partial charge in [0, 0.05) is 19.2 Å². The van der Waals surface area contributed by atoms with Crippen LogP contribution >= 0.6 is 11.8 Å². The number of rotatable bonds is 6. The molecule has 0 atom stereocenters. The number of aromatic nitrogens is 2. The van der Waals surface area contributed by atoms with Gasteiger partial charge in [-0.3, -0.25) is 19.0 Å². The Morgan fingerprint density at radius 3 is 2.78 bits per heavy atom. The van der Waals surface area contributed by atoms with Gasteiger partial charge in [0.15, 0.2) is 5.16 Å². The van der Waals surface area contributed by atoms with E-state index in [4.69, 9.17) is 0 Å². The molecule has 0 bridgehead atoms. The average molecular weight is 335 g/mol. The number of benzene rings is 1. The summed E-state index contributed by atoms with van der Waals surface area (Å²) in [7, 11) is 1.27. The Kier molecular flexibility index (Phi) is 5.75. The predicted molar refractivity (Wildman–Crippen MR) is 87.4 cm³/mol. The van der Waals surface area contributed by atoms with Gasteiger partial charge in [-0.2, -0.15) is 0 Å². The number of esters is 1. The highest BCUT2D eigenvalue weighted by molar-refractivity contribution is 7.99. The van der Waals surface area contributed by atoms with E-state index in [1.165, 1.54) is 30.4 Å². The molecule has 1 heterocycles. The number of hydrogen-bond donors (Lipinski definition) is 1. The number of amides is 1. The van der Waals surface area contributed by atoms with Crippen molar-refractivity contribution in [2.45, 2.75) is 18.6 Å². The van der Waals surface area contributed by atoms with Crippen LogP contribution in [0.15, 0.2) is 34.2 Å². The molecule has 0 radical (unpaired) electrons. The first-order valence-corrected chi connectivity index (χ1v) is 7.95. The van der Waals surface area contributed by atoms with Gasteiger partial charge in [0.05, 0.1) is 18.0 Å². The number of nitrogens with one attached hydrogen (secondary N) is 1. The number of para-hydroxylation sites is 1. The summed E-state index contributed by atoms with van der Waals surface area (Å²) in [6.45, 7) is 1.68. The summed E-state index contributed by atoms with van der Waals surface area (Å²) in [5.74, 6) is -0.108. The lowest BCUT2D eigenvalue weighted by Gasteiger charge is -2.12. The molecule has 7 nitrogen and oxygen atoms in total. The van der Waals surface area contributed by atoms with Crippen molar-refractivity contribution < 1.29 is 14.3 Å². The maximum Gasteiger partial charge on any atom is 0.325 e. The summed E-state index contributed by atoms with van der Waals surface area (Å²) in [4.78, 5) is 39.5. The molecule has 0 aliphatic carbocycles. The van der Waals surface area contributed by atoms with Crippen molar-refractivity contribution in [2.75, 3.05) is 19.4 Å². The molecule has 2 rings (SSSR count). The minimum atomic E-state index is -0.520. The normalized spacial score (nSPS) is 10.5. The van der Waals surface area contributed by atoms with Crippen molar-refractivity contribution in [1.82, 2.24) is 14.9 Å². The van der Waals surface area contributed by atoms with Gasteiger partial charge in [-0.25, -0.2) is 4.98 Å². The number of carbonyl (C=O) groups is 2. The Labute approximate surface area is 137 Å². The molecule has 0 fully saturated rings. The standard InChI is InChI=1S/C15H17N3O4S/c1-10(19)16-7-8-23-15-17-12-6-4-3-5-11(12)14(21)18(15)9-13(20)22-2/h3-6H,7-9H2,1-2H3,(H,16,19). The Morgan fingerprint density at radius 2 is 2.09 bits per heavy atom. The minimum Gasteiger partial charge on any atom is -0.468 e. The Bertz CT molecular complexity index is 788. The third kappa shape index (κ3) is 4.32. The van der Waals surface area contributed by atoms with Gasteiger partial charge < -0.3 is 10.1 Å². The van der Waals surface area contributed by atoms with E-state index in [1.54, 1.807) is 24.3 Å². The van der Waals surface area contributed by atoms with Gasteiger partial charge in [0.25, 0.3) is 5.56 Å². The fraction of sp³-hybridized carbons (Fsp3) is 0.333. The molecular formula is C15H17N3O4S. The van der Waals surface area contributed by atoms with Crippen molar-refractivity contribution in [1.29, 1.82) is 0 Å². The lowest BCUT2D eigenvalue weighted by atomic mass is 10.2. The number of ether oxygens (including phenoxy) is 1. The molecule has 23 heavy (non-hydrogen) atoms. The highest BCUT2D eigenvalue weighted by atomic mass is 32.2. The fourth-order valence-corrected chi connectivity index (χ4v) is 2.81. The van der Waals surface area contributed by atoms with Crippen molar-refractivity contribution in [3.8, 4) is 0 Å². The maximum atomic E-state index is 12.6. The molecule has 0 saturated carbocycles. The molecule has 1 aromatic heterocycles. The number of carbonyl (C=O) groups excluding carboxylic acids is 2. The van der Waals surface area contributed by atoms with E-state index in [-0.39, 0.29) is 18.0 Å². The lowest BCUT2D eigenvalue weighted by molar-refractivity contribution is -0.141. The second kappa shape index (κ2) is 7.77. The van der Waals surface area contributed by atoms with Crippen LogP contribution in [0.3, 0.4) is 0 Å². The fourth-order valence-electron chi connectivity index (χ4n) is 1.96. The summed E-state index contributed by atoms with van der Waals surface area (Å²) in [6, 6.07) is 6.96. The van der Waals surface area contributed by atoms with E-state index in [9.17, 15) is 14.4 Å². The summed E-state index contributed by atoms with van der Waals surface area (Å²) in [5.41, 5.74) is 0.281. The molecule has 2 aromatic rings. The van der Waals surface area contributed by atoms with E-state index in [1.807, 2.05) is 0 Å². The van der Waals surface area contributed by atoms with Gasteiger partial charge in [-0.1, -0.05) is 23.9 Å². The zero-order valence-corrected chi connectivity index (χ0v) is 13.7. The first-order valence-electron chi connectivity index (χ1n) is 6.96. The summed E-state index contributed by atoms with van der Waals surface area (Å²) < 4.78 is 5.94. The SMILES string of the molecule is COC(=O)Cn1c(SCCNC(C)=O)nc2ccccc2c1=O. The second-order valence-electron chi connectivity index (χ2n) is 4.71. The van der Waals surface area contributed by atoms with Crippen LogP contribution in [0.5, 0.6) is 0 Å². The van der Waals surface area contributed by atoms with Crippen LogP contribution < -0.4 is 10.9 Å². The Morgan fingerprint density at radius 1 is 1.35 bits per heavy atom. The predicted octanol–water partition coefficient (Wildman–Crippen LogP) is 0.798. The van der Waals surface area contributed by atoms with Crippen molar-refractivity contribution >= 4 is 34.5 Å². The van der Waals surface area contributed by atoms with Crippen molar-refractivity contribution in [3.05, 3.63) is 34.6 Å². The maximum absolute atomic E-state index is 12.6. The quantitative estimate of drug-likeness (QED) is 0.363. The summed E-state index contributed by atoms with van der Waals surface area (Å²) in [6.07, 6.45) is 0. The van der Waals surface area contributed by atoms with Crippen LogP contribution in [0, 0.1) is 0 Å². The van der Waals surface area contributed by atoms with Crippen LogP contribution in [-0.4, -0.2) is 40.8 Å². The van der Waals surface area contributed by atoms with E-state index < -0.39 is 5.97 Å². The number of fused-ring (bicyclic) bond motifs is 1. The van der Waals surface area contributed by atoms with Crippen LogP contribution in [0.4, 0.5) is 0 Å². The van der Waals surface area contributed by atoms with Crippen LogP contribution in [0.2, 0.25) is 0 Å². The first kappa shape index (κ1) is 17.0. The van der Waals surface area contributed by atoms with Crippen LogP contribution in [0.1, 0.15) is 6.92 Å². The monoisotopic (exact) mass is 335 g/mol. The van der Waals surface area contributed by atoms with Gasteiger partial charge in [0.1, 0.15) is 6.54 Å². The second-order valence-corrected chi connectivity index (χ2v) is 5.77. The van der Waals surface area contributed by atoms with Crippen LogP contribution in [0.25, 0.3) is 10.9 Å². The first-order chi connectivity index (χ1) is 11.0. The Balaban J connectivity index is 2.35. The van der Waals surface area contributed by atoms with E-state index in [2.05, 4.69) is 15.0 Å². The third-order valence-corrected chi connectivity index (χ3v) is 4.03. The van der Waals surface area contributed by atoms with E-state index in [0.29, 0.717) is 28.4 Å². The topological polar surface area (TPSA) is 90.3 Å². The molecule has 1 aromatic carbocycles. The molecule has 0 aliphatic rings. The number of methoxy groups -OCH3 is 1. The highest BCUT2D eigenvalue weighted by Crippen LogP contribution is 2.17. The average Bonchev–Trinajstić information content (AvgIpc) is 2.54. The largest absolute Gasteiger partial charge is 0.468 e. The van der Waals surface area contributed by atoms with E-state index in [0.717, 1.165) is 0 Å². The molecule has 0 spiro atoms. The molecule has 1 N–H and O–H groups in total. The smallest absolute Gasteiger partial charge is 0.325 e. The molecule has 0 aliphatic heterocycles. The summed E-state index contributed by atoms with van der Waals surface area (Å²) >= 11 is 1.30. The van der Waals surface area contributed by atoms with Gasteiger partial charge in [-0.15, -0.1) is 0 Å². The van der Waals surface area contributed by atoms with Crippen molar-refractivity contribution in [3.63, 3.8) is 0 Å². The number of hydrogen-bond acceptors (Lipinski definition) is 6. The zero-order chi connectivity index (χ0) is 16.8. The molecule has 1 amide bonds. The minimum absolute atomic E-state index is 0.121. The van der Waals surface area contributed by atoms with Crippen LogP contribution in [-0.2, 0) is 20.9 Å². The van der Waals surface area contributed by atoms with Crippen molar-refractivity contribution in [2.24, 2.45) is 0 Å². The highest BCUT2D eigenvalue weighted by Gasteiger charge is 2.14. The Hall–Kier alpha value is -2.35. The molecular weight excluding hydrogens is 318 g/mol. The van der Waals surface area contributed by atoms with E-state index >= 15 is 0 Å². The molecule has 122 valence electrons. The lowest BCUT2D eigenvalue weighted by Crippen LogP contribution is -2.28. The van der Waals surface area contributed by atoms with Gasteiger partial charge in [0.2, 0.25) is 5.91 Å². The van der Waals surface area contributed by atoms with Gasteiger partial charge >= 0.3 is 5.97 Å². The molecule has 0 unspecified atom stereocenters. The summed E-state index contributed by atoms with van der Waals surface area (Å²) in [5, 5.41) is 3.54. The third-order valence-electron chi connectivity index (χ3n) is 3.05. The molecule has 8 heteroatoms. The zero-order valence-electron chi connectivity index (χ0n) is 12.9. The molecule has 0 saturated heterocycles. The number of thioether (sulfide) groups is 1. The van der Waals surface area contributed by atoms with Gasteiger partial charge in [-0.05, 0) is 12.1 Å².